The minimum atomic E-state index is -0.00211. The van der Waals surface area contributed by atoms with Gasteiger partial charge in [-0.3, -0.25) is 14.8 Å². The van der Waals surface area contributed by atoms with Gasteiger partial charge in [0.25, 0.3) is 0 Å². The average Bonchev–Trinajstić information content (AvgIpc) is 2.80. The van der Waals surface area contributed by atoms with Crippen LogP contribution in [0.5, 0.6) is 0 Å². The number of benzene rings is 1. The minimum absolute atomic E-state index is 0.00211. The molecule has 0 bridgehead atoms. The molecule has 32 heavy (non-hydrogen) atoms. The molecule has 1 aliphatic heterocycles. The van der Waals surface area contributed by atoms with Crippen molar-refractivity contribution in [1.82, 2.24) is 20.3 Å². The van der Waals surface area contributed by atoms with E-state index in [2.05, 4.69) is 31.1 Å². The third-order valence-corrected chi connectivity index (χ3v) is 6.42. The summed E-state index contributed by atoms with van der Waals surface area (Å²) in [6.07, 6.45) is 6.91. The Morgan fingerprint density at radius 3 is 2.50 bits per heavy atom. The molecule has 8 heteroatoms. The Morgan fingerprint density at radius 1 is 1.12 bits per heavy atom. The van der Waals surface area contributed by atoms with E-state index in [-0.39, 0.29) is 17.9 Å². The quantitative estimate of drug-likeness (QED) is 0.496. The lowest BCUT2D eigenvalue weighted by molar-refractivity contribution is -0.124. The number of nitrogens with one attached hydrogen (secondary N) is 1. The molecule has 1 N–H and O–H groups in total. The number of amides is 1. The zero-order chi connectivity index (χ0) is 22.7. The van der Waals surface area contributed by atoms with Crippen LogP contribution in [0.3, 0.4) is 0 Å². The van der Waals surface area contributed by atoms with Crippen LogP contribution in [0, 0.1) is 5.92 Å². The van der Waals surface area contributed by atoms with Crippen LogP contribution in [0.2, 0.25) is 5.02 Å². The summed E-state index contributed by atoms with van der Waals surface area (Å²) in [5.41, 5.74) is 3.26. The highest BCUT2D eigenvalue weighted by Gasteiger charge is 2.24. The number of halogens is 2. The molecule has 3 heterocycles. The molecule has 1 fully saturated rings. The maximum Gasteiger partial charge on any atom is 0.222 e. The van der Waals surface area contributed by atoms with E-state index in [1.165, 1.54) is 0 Å². The highest BCUT2D eigenvalue weighted by Crippen LogP contribution is 2.35. The number of rotatable bonds is 5. The van der Waals surface area contributed by atoms with Crippen LogP contribution < -0.4 is 10.2 Å². The molecule has 4 rings (SSSR count). The predicted octanol–water partition coefficient (Wildman–Crippen LogP) is 5.36. The molecule has 3 aromatic rings. The summed E-state index contributed by atoms with van der Waals surface area (Å²) in [5, 5.41) is 3.67. The molecule has 2 aromatic heterocycles. The average molecular weight is 515 g/mol. The van der Waals surface area contributed by atoms with Gasteiger partial charge in [0.1, 0.15) is 11.5 Å². The standard InChI is InChI=1S/C24H25BrClN5O/c1-15(2)24(32)29-18-8-11-31(12-9-18)21-14-28-22(16-3-5-17(25)6-4-16)23(30-21)19-7-10-27-13-20(19)26/h3-7,10,13-15,18H,8-9,11-12H2,1-2H3,(H,29,32). The smallest absolute Gasteiger partial charge is 0.222 e. The van der Waals surface area contributed by atoms with Crippen LogP contribution in [0.4, 0.5) is 5.82 Å². The first kappa shape index (κ1) is 22.7. The van der Waals surface area contributed by atoms with Gasteiger partial charge in [-0.15, -0.1) is 0 Å². The Labute approximate surface area is 201 Å². The molecular formula is C24H25BrClN5O. The summed E-state index contributed by atoms with van der Waals surface area (Å²) in [6, 6.07) is 10.1. The molecule has 1 aromatic carbocycles. The van der Waals surface area contributed by atoms with Crippen molar-refractivity contribution in [1.29, 1.82) is 0 Å². The van der Waals surface area contributed by atoms with Gasteiger partial charge in [-0.1, -0.05) is 53.5 Å². The van der Waals surface area contributed by atoms with Gasteiger partial charge in [-0.2, -0.15) is 0 Å². The van der Waals surface area contributed by atoms with Gasteiger partial charge in [-0.25, -0.2) is 4.98 Å². The van der Waals surface area contributed by atoms with E-state index in [0.717, 1.165) is 58.7 Å². The first-order chi connectivity index (χ1) is 15.4. The first-order valence-electron chi connectivity index (χ1n) is 10.7. The largest absolute Gasteiger partial charge is 0.355 e. The lowest BCUT2D eigenvalue weighted by atomic mass is 10.0. The van der Waals surface area contributed by atoms with Crippen molar-refractivity contribution in [3.05, 3.63) is 58.4 Å². The van der Waals surface area contributed by atoms with Crippen LogP contribution in [0.1, 0.15) is 26.7 Å². The molecule has 1 saturated heterocycles. The fraction of sp³-hybridized carbons (Fsp3) is 0.333. The number of aromatic nitrogens is 3. The Bertz CT molecular complexity index is 1100. The summed E-state index contributed by atoms with van der Waals surface area (Å²) in [6.45, 7) is 5.44. The van der Waals surface area contributed by atoms with Crippen LogP contribution in [0.15, 0.2) is 53.4 Å². The summed E-state index contributed by atoms with van der Waals surface area (Å²) >= 11 is 9.97. The van der Waals surface area contributed by atoms with E-state index < -0.39 is 0 Å². The van der Waals surface area contributed by atoms with Gasteiger partial charge in [-0.05, 0) is 31.0 Å². The molecule has 0 saturated carbocycles. The monoisotopic (exact) mass is 513 g/mol. The predicted molar refractivity (Wildman–Crippen MR) is 132 cm³/mol. The molecule has 0 spiro atoms. The third-order valence-electron chi connectivity index (χ3n) is 5.59. The van der Waals surface area contributed by atoms with Crippen LogP contribution in [-0.4, -0.2) is 40.0 Å². The topological polar surface area (TPSA) is 71.0 Å². The molecular weight excluding hydrogens is 490 g/mol. The van der Waals surface area contributed by atoms with E-state index in [1.54, 1.807) is 12.4 Å². The Kier molecular flexibility index (Phi) is 7.06. The molecule has 0 radical (unpaired) electrons. The van der Waals surface area contributed by atoms with Gasteiger partial charge in [0.2, 0.25) is 5.91 Å². The van der Waals surface area contributed by atoms with Crippen molar-refractivity contribution in [3.63, 3.8) is 0 Å². The Morgan fingerprint density at radius 2 is 1.84 bits per heavy atom. The first-order valence-corrected chi connectivity index (χ1v) is 11.9. The van der Waals surface area contributed by atoms with Crippen molar-refractivity contribution in [2.24, 2.45) is 5.92 Å². The lowest BCUT2D eigenvalue weighted by Crippen LogP contribution is -2.46. The number of piperidine rings is 1. The van der Waals surface area contributed by atoms with Gasteiger partial charge in [0.05, 0.1) is 16.9 Å². The van der Waals surface area contributed by atoms with Crippen molar-refractivity contribution < 1.29 is 4.79 Å². The van der Waals surface area contributed by atoms with Crippen molar-refractivity contribution in [3.8, 4) is 22.5 Å². The number of hydrogen-bond donors (Lipinski definition) is 1. The molecule has 0 unspecified atom stereocenters. The number of nitrogens with zero attached hydrogens (tertiary/aromatic N) is 4. The van der Waals surface area contributed by atoms with Crippen LogP contribution in [-0.2, 0) is 4.79 Å². The second kappa shape index (κ2) is 9.96. The second-order valence-corrected chi connectivity index (χ2v) is 9.54. The summed E-state index contributed by atoms with van der Waals surface area (Å²) in [5.74, 6) is 0.914. The maximum absolute atomic E-state index is 12.0. The number of anilines is 1. The van der Waals surface area contributed by atoms with E-state index in [9.17, 15) is 4.79 Å². The fourth-order valence-electron chi connectivity index (χ4n) is 3.73. The van der Waals surface area contributed by atoms with E-state index in [1.807, 2.05) is 50.4 Å². The van der Waals surface area contributed by atoms with Crippen molar-refractivity contribution in [2.45, 2.75) is 32.7 Å². The van der Waals surface area contributed by atoms with E-state index in [0.29, 0.717) is 5.02 Å². The zero-order valence-electron chi connectivity index (χ0n) is 18.1. The van der Waals surface area contributed by atoms with Crippen molar-refractivity contribution >= 4 is 39.3 Å². The van der Waals surface area contributed by atoms with Crippen molar-refractivity contribution in [2.75, 3.05) is 18.0 Å². The van der Waals surface area contributed by atoms with Crippen LogP contribution in [0.25, 0.3) is 22.5 Å². The number of carbonyl (C=O) groups excluding carboxylic acids is 1. The molecule has 6 nitrogen and oxygen atoms in total. The van der Waals surface area contributed by atoms with E-state index in [4.69, 9.17) is 21.6 Å². The zero-order valence-corrected chi connectivity index (χ0v) is 20.4. The molecule has 0 atom stereocenters. The lowest BCUT2D eigenvalue weighted by Gasteiger charge is -2.33. The second-order valence-electron chi connectivity index (χ2n) is 8.21. The van der Waals surface area contributed by atoms with Gasteiger partial charge in [0, 0.05) is 53.0 Å². The number of carbonyl (C=O) groups is 1. The fourth-order valence-corrected chi connectivity index (χ4v) is 4.20. The third kappa shape index (κ3) is 5.10. The molecule has 1 amide bonds. The summed E-state index contributed by atoms with van der Waals surface area (Å²) in [4.78, 5) is 28.1. The number of pyridine rings is 1. The molecule has 1 aliphatic rings. The molecule has 166 valence electrons. The maximum atomic E-state index is 12.0. The van der Waals surface area contributed by atoms with Crippen LogP contribution >= 0.6 is 27.5 Å². The molecule has 0 aliphatic carbocycles. The van der Waals surface area contributed by atoms with Gasteiger partial charge < -0.3 is 10.2 Å². The number of hydrogen-bond acceptors (Lipinski definition) is 5. The Hall–Kier alpha value is -2.51. The van der Waals surface area contributed by atoms with Gasteiger partial charge >= 0.3 is 0 Å². The SMILES string of the molecule is CC(C)C(=O)NC1CCN(c2cnc(-c3ccc(Br)cc3)c(-c3ccncc3Cl)n2)CC1. The highest BCUT2D eigenvalue weighted by atomic mass is 79.9. The Balaban J connectivity index is 1.63. The van der Waals surface area contributed by atoms with E-state index >= 15 is 0 Å². The highest BCUT2D eigenvalue weighted by molar-refractivity contribution is 9.10. The minimum Gasteiger partial charge on any atom is -0.355 e. The summed E-state index contributed by atoms with van der Waals surface area (Å²) < 4.78 is 1.00. The van der Waals surface area contributed by atoms with Gasteiger partial charge in [0.15, 0.2) is 0 Å². The normalized spacial score (nSPS) is 14.6. The summed E-state index contributed by atoms with van der Waals surface area (Å²) in [7, 11) is 0.